The Balaban J connectivity index is 1.74. The van der Waals surface area contributed by atoms with E-state index in [4.69, 9.17) is 5.11 Å². The number of nitrogens with zero attached hydrogens (tertiary/aromatic N) is 2. The predicted octanol–water partition coefficient (Wildman–Crippen LogP) is 0.395. The standard InChI is InChI=1S/C11H22N2O/c1-10-8-12(6-7-14)4-5-13(10)9-11-2-3-11/h10-11,14H,2-9H2,1H3. The number of piperazine rings is 1. The van der Waals surface area contributed by atoms with Crippen LogP contribution in [0.1, 0.15) is 19.8 Å². The summed E-state index contributed by atoms with van der Waals surface area (Å²) in [5, 5.41) is 8.87. The summed E-state index contributed by atoms with van der Waals surface area (Å²) in [6, 6.07) is 0.677. The van der Waals surface area contributed by atoms with E-state index in [1.54, 1.807) is 0 Å². The molecule has 2 fully saturated rings. The van der Waals surface area contributed by atoms with Gasteiger partial charge in [0.15, 0.2) is 0 Å². The molecule has 0 aromatic carbocycles. The molecule has 14 heavy (non-hydrogen) atoms. The molecular formula is C11H22N2O. The van der Waals surface area contributed by atoms with Gasteiger partial charge in [-0.2, -0.15) is 0 Å². The van der Waals surface area contributed by atoms with E-state index in [-0.39, 0.29) is 0 Å². The summed E-state index contributed by atoms with van der Waals surface area (Å²) in [4.78, 5) is 4.99. The lowest BCUT2D eigenvalue weighted by Crippen LogP contribution is -2.52. The van der Waals surface area contributed by atoms with Gasteiger partial charge in [0, 0.05) is 38.8 Å². The Labute approximate surface area is 86.7 Å². The number of rotatable bonds is 4. The summed E-state index contributed by atoms with van der Waals surface area (Å²) in [7, 11) is 0. The summed E-state index contributed by atoms with van der Waals surface area (Å²) in [5.74, 6) is 1.00. The molecule has 1 saturated heterocycles. The molecule has 1 heterocycles. The quantitative estimate of drug-likeness (QED) is 0.708. The van der Waals surface area contributed by atoms with Gasteiger partial charge in [-0.1, -0.05) is 0 Å². The molecule has 0 radical (unpaired) electrons. The van der Waals surface area contributed by atoms with Crippen LogP contribution in [0.2, 0.25) is 0 Å². The summed E-state index contributed by atoms with van der Waals surface area (Å²) >= 11 is 0. The fourth-order valence-corrected chi connectivity index (χ4v) is 2.32. The molecule has 0 spiro atoms. The van der Waals surface area contributed by atoms with Crippen LogP contribution in [0.5, 0.6) is 0 Å². The van der Waals surface area contributed by atoms with Crippen molar-refractivity contribution in [2.75, 3.05) is 39.3 Å². The van der Waals surface area contributed by atoms with Crippen molar-refractivity contribution in [2.24, 2.45) is 5.92 Å². The van der Waals surface area contributed by atoms with Gasteiger partial charge in [0.05, 0.1) is 6.61 Å². The highest BCUT2D eigenvalue weighted by atomic mass is 16.3. The van der Waals surface area contributed by atoms with Gasteiger partial charge in [0.1, 0.15) is 0 Å². The van der Waals surface area contributed by atoms with Gasteiger partial charge in [-0.25, -0.2) is 0 Å². The molecule has 1 atom stereocenters. The Kier molecular flexibility index (Phi) is 3.42. The Morgan fingerprint density at radius 3 is 2.64 bits per heavy atom. The first kappa shape index (κ1) is 10.4. The van der Waals surface area contributed by atoms with Crippen LogP contribution in [-0.2, 0) is 0 Å². The maximum atomic E-state index is 8.87. The van der Waals surface area contributed by atoms with E-state index in [1.165, 1.54) is 25.9 Å². The van der Waals surface area contributed by atoms with Crippen LogP contribution in [0, 0.1) is 5.92 Å². The highest BCUT2D eigenvalue weighted by molar-refractivity contribution is 4.84. The maximum absolute atomic E-state index is 8.87. The van der Waals surface area contributed by atoms with Crippen molar-refractivity contribution in [2.45, 2.75) is 25.8 Å². The van der Waals surface area contributed by atoms with Crippen molar-refractivity contribution in [1.29, 1.82) is 0 Å². The van der Waals surface area contributed by atoms with Crippen molar-refractivity contribution in [3.63, 3.8) is 0 Å². The number of hydrogen-bond acceptors (Lipinski definition) is 3. The Morgan fingerprint density at radius 1 is 1.29 bits per heavy atom. The minimum absolute atomic E-state index is 0.301. The third-order valence-electron chi connectivity index (χ3n) is 3.46. The molecule has 3 heteroatoms. The molecule has 1 aliphatic carbocycles. The van der Waals surface area contributed by atoms with Gasteiger partial charge >= 0.3 is 0 Å². The van der Waals surface area contributed by atoms with Crippen molar-refractivity contribution in [1.82, 2.24) is 9.80 Å². The molecular weight excluding hydrogens is 176 g/mol. The molecule has 2 aliphatic rings. The van der Waals surface area contributed by atoms with Crippen LogP contribution in [0.15, 0.2) is 0 Å². The molecule has 1 saturated carbocycles. The normalized spacial score (nSPS) is 30.9. The highest BCUT2D eigenvalue weighted by Crippen LogP contribution is 2.30. The summed E-state index contributed by atoms with van der Waals surface area (Å²) in [6.45, 7) is 8.24. The maximum Gasteiger partial charge on any atom is 0.0558 e. The zero-order chi connectivity index (χ0) is 9.97. The summed E-state index contributed by atoms with van der Waals surface area (Å²) in [6.07, 6.45) is 2.90. The van der Waals surface area contributed by atoms with Crippen LogP contribution in [0.25, 0.3) is 0 Å². The smallest absolute Gasteiger partial charge is 0.0558 e. The minimum Gasteiger partial charge on any atom is -0.395 e. The van der Waals surface area contributed by atoms with Crippen molar-refractivity contribution in [3.05, 3.63) is 0 Å². The fraction of sp³-hybridized carbons (Fsp3) is 1.00. The first-order valence-electron chi connectivity index (χ1n) is 5.87. The van der Waals surface area contributed by atoms with Crippen LogP contribution < -0.4 is 0 Å². The van der Waals surface area contributed by atoms with Crippen LogP contribution in [0.4, 0.5) is 0 Å². The highest BCUT2D eigenvalue weighted by Gasteiger charge is 2.29. The second-order valence-corrected chi connectivity index (χ2v) is 4.81. The van der Waals surface area contributed by atoms with Gasteiger partial charge in [-0.05, 0) is 25.7 Å². The minimum atomic E-state index is 0.301. The van der Waals surface area contributed by atoms with E-state index >= 15 is 0 Å². The third kappa shape index (κ3) is 2.69. The van der Waals surface area contributed by atoms with Gasteiger partial charge < -0.3 is 5.11 Å². The lowest BCUT2D eigenvalue weighted by atomic mass is 10.2. The molecule has 2 rings (SSSR count). The van der Waals surface area contributed by atoms with Crippen molar-refractivity contribution < 1.29 is 5.11 Å². The zero-order valence-electron chi connectivity index (χ0n) is 9.15. The largest absolute Gasteiger partial charge is 0.395 e. The van der Waals surface area contributed by atoms with E-state index in [1.807, 2.05) is 0 Å². The molecule has 0 amide bonds. The lowest BCUT2D eigenvalue weighted by Gasteiger charge is -2.39. The monoisotopic (exact) mass is 198 g/mol. The molecule has 1 unspecified atom stereocenters. The Morgan fingerprint density at radius 2 is 2.07 bits per heavy atom. The van der Waals surface area contributed by atoms with E-state index in [0.717, 1.165) is 25.6 Å². The van der Waals surface area contributed by atoms with Gasteiger partial charge in [0.2, 0.25) is 0 Å². The molecule has 82 valence electrons. The molecule has 0 aromatic rings. The Bertz CT molecular complexity index is 182. The second kappa shape index (κ2) is 4.60. The molecule has 0 aromatic heterocycles. The van der Waals surface area contributed by atoms with Crippen LogP contribution >= 0.6 is 0 Å². The summed E-state index contributed by atoms with van der Waals surface area (Å²) < 4.78 is 0. The fourth-order valence-electron chi connectivity index (χ4n) is 2.32. The number of aliphatic hydroxyl groups is 1. The number of hydrogen-bond donors (Lipinski definition) is 1. The number of β-amino-alcohol motifs (C(OH)–C–C–N with tert-alkyl or cyclic N) is 1. The third-order valence-corrected chi connectivity index (χ3v) is 3.46. The molecule has 1 aliphatic heterocycles. The lowest BCUT2D eigenvalue weighted by molar-refractivity contribution is 0.0684. The van der Waals surface area contributed by atoms with E-state index < -0.39 is 0 Å². The van der Waals surface area contributed by atoms with Crippen molar-refractivity contribution in [3.8, 4) is 0 Å². The molecule has 1 N–H and O–H groups in total. The van der Waals surface area contributed by atoms with Gasteiger partial charge in [-0.15, -0.1) is 0 Å². The van der Waals surface area contributed by atoms with Crippen LogP contribution in [0.3, 0.4) is 0 Å². The second-order valence-electron chi connectivity index (χ2n) is 4.81. The van der Waals surface area contributed by atoms with E-state index in [2.05, 4.69) is 16.7 Å². The van der Waals surface area contributed by atoms with E-state index in [0.29, 0.717) is 12.6 Å². The van der Waals surface area contributed by atoms with Gasteiger partial charge in [-0.3, -0.25) is 9.80 Å². The average Bonchev–Trinajstić information content (AvgIpc) is 2.94. The topological polar surface area (TPSA) is 26.7 Å². The van der Waals surface area contributed by atoms with Crippen molar-refractivity contribution >= 4 is 0 Å². The SMILES string of the molecule is CC1CN(CCO)CCN1CC1CC1. The summed E-state index contributed by atoms with van der Waals surface area (Å²) in [5.41, 5.74) is 0. The average molecular weight is 198 g/mol. The van der Waals surface area contributed by atoms with Gasteiger partial charge in [0.25, 0.3) is 0 Å². The first-order chi connectivity index (χ1) is 6.79. The number of aliphatic hydroxyl groups excluding tert-OH is 1. The van der Waals surface area contributed by atoms with Crippen LogP contribution in [-0.4, -0.2) is 60.3 Å². The van der Waals surface area contributed by atoms with E-state index in [9.17, 15) is 0 Å². The first-order valence-corrected chi connectivity index (χ1v) is 5.87. The zero-order valence-corrected chi connectivity index (χ0v) is 9.15. The predicted molar refractivity (Wildman–Crippen MR) is 57.3 cm³/mol. The Hall–Kier alpha value is -0.120. The molecule has 3 nitrogen and oxygen atoms in total. The molecule has 0 bridgehead atoms.